The van der Waals surface area contributed by atoms with E-state index in [0.717, 1.165) is 16.3 Å². The second kappa shape index (κ2) is 16.2. The van der Waals surface area contributed by atoms with E-state index in [9.17, 15) is 23.1 Å². The van der Waals surface area contributed by atoms with Gasteiger partial charge in [-0.05, 0) is 52.7 Å². The molecule has 3 amide bonds. The topological polar surface area (TPSA) is 136 Å². The van der Waals surface area contributed by atoms with Crippen molar-refractivity contribution < 1.29 is 23.1 Å². The molecule has 3 atom stereocenters. The number of rotatable bonds is 15. The molecule has 11 nitrogen and oxygen atoms in total. The molecule has 2 aromatic heterocycles. The summed E-state index contributed by atoms with van der Waals surface area (Å²) in [6.45, 7) is 10.4. The van der Waals surface area contributed by atoms with Crippen LogP contribution < -0.4 is 5.32 Å². The van der Waals surface area contributed by atoms with Crippen molar-refractivity contribution in [2.45, 2.75) is 70.8 Å². The summed E-state index contributed by atoms with van der Waals surface area (Å²) in [5.41, 5.74) is 1.66. The van der Waals surface area contributed by atoms with Crippen LogP contribution in [0.2, 0.25) is 5.02 Å². The first-order valence-electron chi connectivity index (χ1n) is 15.5. The van der Waals surface area contributed by atoms with Crippen molar-refractivity contribution in [1.82, 2.24) is 29.4 Å². The van der Waals surface area contributed by atoms with Gasteiger partial charge in [-0.1, -0.05) is 69.6 Å². The minimum absolute atomic E-state index is 0.0717. The molecule has 47 heavy (non-hydrogen) atoms. The fourth-order valence-corrected chi connectivity index (χ4v) is 8.33. The predicted octanol–water partition coefficient (Wildman–Crippen LogP) is 4.96. The third-order valence-corrected chi connectivity index (χ3v) is 11.6. The molecule has 1 aromatic carbocycles. The van der Waals surface area contributed by atoms with Crippen molar-refractivity contribution in [3.8, 4) is 0 Å². The molecular weight excluding hydrogens is 728 g/mol. The zero-order valence-corrected chi connectivity index (χ0v) is 31.1. The average molecular weight is 770 g/mol. The number of aryl methyl sites for hydroxylation is 1. The zero-order chi connectivity index (χ0) is 34.5. The van der Waals surface area contributed by atoms with E-state index in [4.69, 9.17) is 11.6 Å². The van der Waals surface area contributed by atoms with E-state index in [-0.39, 0.29) is 47.4 Å². The quantitative estimate of drug-likeness (QED) is 0.223. The number of sulfonamides is 1. The van der Waals surface area contributed by atoms with E-state index in [0.29, 0.717) is 24.1 Å². The number of aliphatic hydroxyl groups is 1. The van der Waals surface area contributed by atoms with Gasteiger partial charge in [-0.3, -0.25) is 4.79 Å². The number of urea groups is 1. The lowest BCUT2D eigenvalue weighted by Gasteiger charge is -2.34. The van der Waals surface area contributed by atoms with Gasteiger partial charge in [0.1, 0.15) is 6.04 Å². The Kier molecular flexibility index (Phi) is 12.8. The molecule has 2 N–H and O–H groups in total. The zero-order valence-electron chi connectivity index (χ0n) is 27.1. The molecule has 1 fully saturated rings. The Balaban J connectivity index is 1.58. The minimum Gasteiger partial charge on any atom is -0.390 e. The van der Waals surface area contributed by atoms with Gasteiger partial charge in [0.05, 0.1) is 34.4 Å². The van der Waals surface area contributed by atoms with Crippen LogP contribution in [0.1, 0.15) is 44.0 Å². The largest absolute Gasteiger partial charge is 0.390 e. The second-order valence-corrected chi connectivity index (χ2v) is 16.7. The molecule has 0 spiro atoms. The average Bonchev–Trinajstić information content (AvgIpc) is 3.58. The highest BCUT2D eigenvalue weighted by atomic mass is 79.9. The Morgan fingerprint density at radius 3 is 2.47 bits per heavy atom. The molecule has 256 valence electrons. The van der Waals surface area contributed by atoms with Gasteiger partial charge < -0.3 is 20.2 Å². The number of aromatic nitrogens is 2. The summed E-state index contributed by atoms with van der Waals surface area (Å²) in [5.74, 6) is -0.721. The summed E-state index contributed by atoms with van der Waals surface area (Å²) < 4.78 is 29.1. The lowest BCUT2D eigenvalue weighted by atomic mass is 9.97. The van der Waals surface area contributed by atoms with Crippen molar-refractivity contribution in [3.05, 3.63) is 73.7 Å². The van der Waals surface area contributed by atoms with Crippen LogP contribution in [0, 0.1) is 18.8 Å². The number of hydrogen-bond acceptors (Lipinski definition) is 8. The van der Waals surface area contributed by atoms with Crippen molar-refractivity contribution in [3.63, 3.8) is 0 Å². The highest BCUT2D eigenvalue weighted by molar-refractivity contribution is 9.10. The van der Waals surface area contributed by atoms with Gasteiger partial charge in [-0.15, -0.1) is 11.3 Å². The maximum atomic E-state index is 14.0. The Bertz CT molecular complexity index is 1640. The number of aliphatic hydroxyl groups excluding tert-OH is 1. The van der Waals surface area contributed by atoms with Gasteiger partial charge >= 0.3 is 6.03 Å². The molecule has 0 radical (unpaired) electrons. The number of nitrogens with one attached hydrogen (secondary N) is 1. The Hall–Kier alpha value is -2.62. The monoisotopic (exact) mass is 768 g/mol. The van der Waals surface area contributed by atoms with E-state index in [1.54, 1.807) is 9.80 Å². The van der Waals surface area contributed by atoms with Crippen LogP contribution in [0.25, 0.3) is 0 Å². The van der Waals surface area contributed by atoms with Gasteiger partial charge in [-0.2, -0.15) is 4.31 Å². The summed E-state index contributed by atoms with van der Waals surface area (Å²) >= 11 is 10.9. The molecule has 4 rings (SSSR count). The summed E-state index contributed by atoms with van der Waals surface area (Å²) in [4.78, 5) is 39.3. The number of hydrogen-bond donors (Lipinski definition) is 2. The summed E-state index contributed by atoms with van der Waals surface area (Å²) in [6, 6.07) is 8.76. The molecule has 3 heterocycles. The smallest absolute Gasteiger partial charge is 0.321 e. The molecule has 1 unspecified atom stereocenters. The maximum Gasteiger partial charge on any atom is 0.321 e. The standard InChI is InChI=1S/C32H42BrClN6O5S2/c1-20(2)16-39(47(44,45)29-14-25(33)26(34)15-35-29)18-28(41)27(13-23-9-7-6-8-10-23)37-31(42)30(21(3)4)40-12-11-38(32(40)43)17-24-19-46-22(5)36-24/h6-10,14-15,19-21,27-28,30,41H,11-13,16-18H2,1-5H3,(H,37,42)/t27-,28+,30?/m0/s1. The second-order valence-electron chi connectivity index (χ2n) is 12.5. The van der Waals surface area contributed by atoms with Crippen LogP contribution in [0.5, 0.6) is 0 Å². The normalized spacial score (nSPS) is 15.9. The van der Waals surface area contributed by atoms with Crippen molar-refractivity contribution in [2.75, 3.05) is 26.2 Å². The molecule has 0 saturated carbocycles. The van der Waals surface area contributed by atoms with Gasteiger partial charge in [0, 0.05) is 42.2 Å². The maximum absolute atomic E-state index is 14.0. The highest BCUT2D eigenvalue weighted by Gasteiger charge is 2.40. The number of halogens is 2. The molecule has 0 aliphatic carbocycles. The van der Waals surface area contributed by atoms with E-state index >= 15 is 0 Å². The van der Waals surface area contributed by atoms with Crippen LogP contribution in [0.15, 0.2) is 57.5 Å². The van der Waals surface area contributed by atoms with Crippen molar-refractivity contribution in [2.24, 2.45) is 11.8 Å². The molecule has 1 aliphatic heterocycles. The first kappa shape index (κ1) is 37.2. The number of benzene rings is 1. The first-order chi connectivity index (χ1) is 22.2. The van der Waals surface area contributed by atoms with E-state index in [1.165, 1.54) is 27.9 Å². The minimum atomic E-state index is -4.15. The summed E-state index contributed by atoms with van der Waals surface area (Å²) in [6.07, 6.45) is 0.197. The van der Waals surface area contributed by atoms with Gasteiger partial charge in [0.2, 0.25) is 5.91 Å². The molecule has 1 saturated heterocycles. The fraction of sp³-hybridized carbons (Fsp3) is 0.500. The fourth-order valence-electron chi connectivity index (χ4n) is 5.59. The SMILES string of the molecule is Cc1nc(CN2CCN(C(C(=O)N[C@@H](Cc3ccccc3)[C@H](O)CN(CC(C)C)S(=O)(=O)c3cc(Br)c(Cl)cn3)C(C)C)C2=O)cs1. The molecule has 15 heteroatoms. The van der Waals surface area contributed by atoms with E-state index in [2.05, 4.69) is 31.2 Å². The number of carbonyl (C=O) groups excluding carboxylic acids is 2. The number of thiazole rings is 1. The molecule has 0 bridgehead atoms. The van der Waals surface area contributed by atoms with Crippen molar-refractivity contribution >= 4 is 60.8 Å². The number of nitrogens with zero attached hydrogens (tertiary/aromatic N) is 5. The first-order valence-corrected chi connectivity index (χ1v) is 19.0. The number of pyridine rings is 1. The lowest BCUT2D eigenvalue weighted by Crippen LogP contribution is -2.57. The van der Waals surface area contributed by atoms with Crippen LogP contribution in [-0.2, 0) is 27.8 Å². The van der Waals surface area contributed by atoms with E-state index in [1.807, 2.05) is 70.3 Å². The van der Waals surface area contributed by atoms with Gasteiger partial charge in [-0.25, -0.2) is 23.2 Å². The van der Waals surface area contributed by atoms with Gasteiger partial charge in [0.25, 0.3) is 10.0 Å². The van der Waals surface area contributed by atoms with Crippen LogP contribution in [-0.4, -0.2) is 93.9 Å². The number of amides is 3. The third-order valence-electron chi connectivity index (χ3n) is 7.82. The molecule has 3 aromatic rings. The summed E-state index contributed by atoms with van der Waals surface area (Å²) in [5, 5.41) is 17.6. The Morgan fingerprint density at radius 2 is 1.87 bits per heavy atom. The Morgan fingerprint density at radius 1 is 1.17 bits per heavy atom. The lowest BCUT2D eigenvalue weighted by molar-refractivity contribution is -0.128. The van der Waals surface area contributed by atoms with Crippen LogP contribution in [0.4, 0.5) is 4.79 Å². The number of carbonyl (C=O) groups is 2. The van der Waals surface area contributed by atoms with E-state index < -0.39 is 34.1 Å². The summed E-state index contributed by atoms with van der Waals surface area (Å²) in [7, 11) is -4.15. The van der Waals surface area contributed by atoms with Crippen LogP contribution in [0.3, 0.4) is 0 Å². The highest BCUT2D eigenvalue weighted by Crippen LogP contribution is 2.26. The van der Waals surface area contributed by atoms with Crippen molar-refractivity contribution in [1.29, 1.82) is 0 Å². The predicted molar refractivity (Wildman–Crippen MR) is 187 cm³/mol. The van der Waals surface area contributed by atoms with Crippen LogP contribution >= 0.6 is 38.9 Å². The molecular formula is C32H42BrClN6O5S2. The van der Waals surface area contributed by atoms with Gasteiger partial charge in [0.15, 0.2) is 5.03 Å². The molecule has 1 aliphatic rings. The Labute approximate surface area is 294 Å². The third kappa shape index (κ3) is 9.51.